The topological polar surface area (TPSA) is 72.9 Å². The van der Waals surface area contributed by atoms with Crippen LogP contribution < -0.4 is 0 Å². The molecule has 2 aromatic rings. The van der Waals surface area contributed by atoms with Gasteiger partial charge < -0.3 is 9.47 Å². The standard InChI is InChI=1S/C19H19ClFNO5S/c1-13-5-6-14(11-18(13)28(24,25)22-7-9-26-10-8-22)19(23)27-12-15-16(20)3-2-4-17(15)21/h2-6,11H,7-10,12H2,1H3. The van der Waals surface area contributed by atoms with E-state index >= 15 is 0 Å². The van der Waals surface area contributed by atoms with Gasteiger partial charge in [-0.15, -0.1) is 0 Å². The monoisotopic (exact) mass is 427 g/mol. The molecule has 0 saturated carbocycles. The van der Waals surface area contributed by atoms with Crippen molar-refractivity contribution in [3.05, 3.63) is 63.9 Å². The molecule has 1 saturated heterocycles. The zero-order valence-electron chi connectivity index (χ0n) is 15.2. The van der Waals surface area contributed by atoms with Crippen LogP contribution >= 0.6 is 11.6 Å². The third kappa shape index (κ3) is 4.35. The Morgan fingerprint density at radius 1 is 1.25 bits per heavy atom. The fourth-order valence-electron chi connectivity index (χ4n) is 2.82. The average Bonchev–Trinajstić information content (AvgIpc) is 2.68. The molecular formula is C19H19ClFNO5S. The second-order valence-electron chi connectivity index (χ2n) is 6.27. The molecule has 0 atom stereocenters. The van der Waals surface area contributed by atoms with Crippen molar-refractivity contribution in [2.75, 3.05) is 26.3 Å². The molecule has 28 heavy (non-hydrogen) atoms. The predicted octanol–water partition coefficient (Wildman–Crippen LogP) is 3.17. The number of hydrogen-bond donors (Lipinski definition) is 0. The van der Waals surface area contributed by atoms with Crippen molar-refractivity contribution in [2.45, 2.75) is 18.4 Å². The van der Waals surface area contributed by atoms with Gasteiger partial charge in [0.2, 0.25) is 10.0 Å². The smallest absolute Gasteiger partial charge is 0.338 e. The molecule has 0 spiro atoms. The lowest BCUT2D eigenvalue weighted by atomic mass is 10.1. The average molecular weight is 428 g/mol. The number of aryl methyl sites for hydroxylation is 1. The number of hydrogen-bond acceptors (Lipinski definition) is 5. The molecule has 0 aromatic heterocycles. The summed E-state index contributed by atoms with van der Waals surface area (Å²) in [5.41, 5.74) is 0.635. The fourth-order valence-corrected chi connectivity index (χ4v) is 4.70. The molecule has 0 N–H and O–H groups in total. The zero-order valence-corrected chi connectivity index (χ0v) is 16.7. The lowest BCUT2D eigenvalue weighted by molar-refractivity contribution is 0.0468. The van der Waals surface area contributed by atoms with Gasteiger partial charge in [0.05, 0.1) is 28.7 Å². The maximum Gasteiger partial charge on any atom is 0.338 e. The van der Waals surface area contributed by atoms with Crippen LogP contribution in [-0.2, 0) is 26.1 Å². The van der Waals surface area contributed by atoms with Crippen LogP contribution in [0.5, 0.6) is 0 Å². The molecule has 150 valence electrons. The van der Waals surface area contributed by atoms with Crippen LogP contribution in [0.1, 0.15) is 21.5 Å². The summed E-state index contributed by atoms with van der Waals surface area (Å²) >= 11 is 5.92. The summed E-state index contributed by atoms with van der Waals surface area (Å²) in [6, 6.07) is 8.46. The van der Waals surface area contributed by atoms with E-state index < -0.39 is 21.8 Å². The molecular weight excluding hydrogens is 409 g/mol. The molecule has 1 aliphatic heterocycles. The molecule has 0 amide bonds. The first-order valence-corrected chi connectivity index (χ1v) is 10.4. The van der Waals surface area contributed by atoms with Gasteiger partial charge in [0.1, 0.15) is 12.4 Å². The van der Waals surface area contributed by atoms with Crippen LogP contribution in [-0.4, -0.2) is 45.0 Å². The van der Waals surface area contributed by atoms with Gasteiger partial charge in [0.25, 0.3) is 0 Å². The number of carbonyl (C=O) groups excluding carboxylic acids is 1. The van der Waals surface area contributed by atoms with E-state index in [1.165, 1.54) is 34.6 Å². The van der Waals surface area contributed by atoms with Gasteiger partial charge >= 0.3 is 5.97 Å². The van der Waals surface area contributed by atoms with Crippen molar-refractivity contribution in [3.8, 4) is 0 Å². The number of esters is 1. The minimum Gasteiger partial charge on any atom is -0.457 e. The Morgan fingerprint density at radius 2 is 1.96 bits per heavy atom. The second kappa shape index (κ2) is 8.57. The molecule has 0 unspecified atom stereocenters. The van der Waals surface area contributed by atoms with E-state index in [0.717, 1.165) is 0 Å². The highest BCUT2D eigenvalue weighted by molar-refractivity contribution is 7.89. The lowest BCUT2D eigenvalue weighted by Crippen LogP contribution is -2.40. The first kappa shape index (κ1) is 20.7. The number of nitrogens with zero attached hydrogens (tertiary/aromatic N) is 1. The Hall–Kier alpha value is -2.00. The quantitative estimate of drug-likeness (QED) is 0.685. The number of rotatable bonds is 5. The molecule has 2 aromatic carbocycles. The number of morpholine rings is 1. The number of ether oxygens (including phenoxy) is 2. The summed E-state index contributed by atoms with van der Waals surface area (Å²) in [7, 11) is -3.76. The third-order valence-electron chi connectivity index (χ3n) is 4.42. The van der Waals surface area contributed by atoms with Crippen molar-refractivity contribution in [2.24, 2.45) is 0 Å². The fraction of sp³-hybridized carbons (Fsp3) is 0.316. The Bertz CT molecular complexity index is 970. The Kier molecular flexibility index (Phi) is 6.34. The highest BCUT2D eigenvalue weighted by Gasteiger charge is 2.28. The normalized spacial score (nSPS) is 15.4. The third-order valence-corrected chi connectivity index (χ3v) is 6.82. The van der Waals surface area contributed by atoms with Gasteiger partial charge in [-0.05, 0) is 36.8 Å². The van der Waals surface area contributed by atoms with E-state index in [1.807, 2.05) is 0 Å². The van der Waals surface area contributed by atoms with Crippen LogP contribution in [0.15, 0.2) is 41.3 Å². The van der Waals surface area contributed by atoms with Crippen LogP contribution in [0, 0.1) is 12.7 Å². The predicted molar refractivity (Wildman–Crippen MR) is 101 cm³/mol. The maximum absolute atomic E-state index is 13.8. The molecule has 0 bridgehead atoms. The minimum atomic E-state index is -3.76. The Labute approximate surface area is 167 Å². The molecule has 9 heteroatoms. The van der Waals surface area contributed by atoms with E-state index in [1.54, 1.807) is 13.0 Å². The number of benzene rings is 2. The van der Waals surface area contributed by atoms with Gasteiger partial charge in [0, 0.05) is 18.7 Å². The molecule has 0 aliphatic carbocycles. The first-order valence-electron chi connectivity index (χ1n) is 8.59. The van der Waals surface area contributed by atoms with E-state index in [0.29, 0.717) is 18.8 Å². The molecule has 0 radical (unpaired) electrons. The summed E-state index contributed by atoms with van der Waals surface area (Å²) in [6.45, 7) is 2.45. The van der Waals surface area contributed by atoms with Crippen LogP contribution in [0.3, 0.4) is 0 Å². The second-order valence-corrected chi connectivity index (χ2v) is 8.59. The van der Waals surface area contributed by atoms with E-state index in [4.69, 9.17) is 21.1 Å². The summed E-state index contributed by atoms with van der Waals surface area (Å²) in [6.07, 6.45) is 0. The van der Waals surface area contributed by atoms with Crippen LogP contribution in [0.4, 0.5) is 4.39 Å². The molecule has 1 heterocycles. The summed E-state index contributed by atoms with van der Waals surface area (Å²) in [5.74, 6) is -1.35. The molecule has 1 aliphatic rings. The zero-order chi connectivity index (χ0) is 20.3. The van der Waals surface area contributed by atoms with Crippen molar-refractivity contribution in [1.82, 2.24) is 4.31 Å². The van der Waals surface area contributed by atoms with Crippen molar-refractivity contribution >= 4 is 27.6 Å². The van der Waals surface area contributed by atoms with Crippen molar-refractivity contribution in [3.63, 3.8) is 0 Å². The van der Waals surface area contributed by atoms with Gasteiger partial charge in [-0.2, -0.15) is 4.31 Å². The van der Waals surface area contributed by atoms with Crippen molar-refractivity contribution < 1.29 is 27.1 Å². The SMILES string of the molecule is Cc1ccc(C(=O)OCc2c(F)cccc2Cl)cc1S(=O)(=O)N1CCOCC1. The Balaban J connectivity index is 1.81. The van der Waals surface area contributed by atoms with Gasteiger partial charge in [-0.3, -0.25) is 0 Å². The van der Waals surface area contributed by atoms with Gasteiger partial charge in [0.15, 0.2) is 0 Å². The molecule has 3 rings (SSSR count). The minimum absolute atomic E-state index is 0.0350. The van der Waals surface area contributed by atoms with Gasteiger partial charge in [-0.1, -0.05) is 23.7 Å². The van der Waals surface area contributed by atoms with Crippen LogP contribution in [0.2, 0.25) is 5.02 Å². The highest BCUT2D eigenvalue weighted by Crippen LogP contribution is 2.24. The van der Waals surface area contributed by atoms with E-state index in [-0.39, 0.29) is 40.7 Å². The number of carbonyl (C=O) groups is 1. The van der Waals surface area contributed by atoms with Crippen molar-refractivity contribution in [1.29, 1.82) is 0 Å². The summed E-state index contributed by atoms with van der Waals surface area (Å²) < 4.78 is 51.3. The lowest BCUT2D eigenvalue weighted by Gasteiger charge is -2.26. The summed E-state index contributed by atoms with van der Waals surface area (Å²) in [4.78, 5) is 12.4. The largest absolute Gasteiger partial charge is 0.457 e. The van der Waals surface area contributed by atoms with Crippen LogP contribution in [0.25, 0.3) is 0 Å². The van der Waals surface area contributed by atoms with Gasteiger partial charge in [-0.25, -0.2) is 17.6 Å². The first-order chi connectivity index (χ1) is 13.3. The number of halogens is 2. The molecule has 6 nitrogen and oxygen atoms in total. The Morgan fingerprint density at radius 3 is 2.64 bits per heavy atom. The maximum atomic E-state index is 13.8. The van der Waals surface area contributed by atoms with E-state index in [2.05, 4.69) is 0 Å². The number of sulfonamides is 1. The molecule has 1 fully saturated rings. The van der Waals surface area contributed by atoms with E-state index in [9.17, 15) is 17.6 Å². The summed E-state index contributed by atoms with van der Waals surface area (Å²) in [5, 5.41) is 0.146. The highest BCUT2D eigenvalue weighted by atomic mass is 35.5.